The van der Waals surface area contributed by atoms with Crippen molar-refractivity contribution in [3.63, 3.8) is 0 Å². The Bertz CT molecular complexity index is 603. The van der Waals surface area contributed by atoms with Crippen molar-refractivity contribution in [1.82, 2.24) is 10.1 Å². The maximum atomic E-state index is 5.95. The second-order valence-corrected chi connectivity index (χ2v) is 5.44. The summed E-state index contributed by atoms with van der Waals surface area (Å²) in [5.74, 6) is 2.60. The van der Waals surface area contributed by atoms with Crippen molar-refractivity contribution in [3.8, 4) is 5.75 Å². The fourth-order valence-corrected chi connectivity index (χ4v) is 2.12. The minimum absolute atomic E-state index is 0.0738. The Balaban J connectivity index is 1.71. The van der Waals surface area contributed by atoms with E-state index in [2.05, 4.69) is 10.1 Å². The van der Waals surface area contributed by atoms with Crippen LogP contribution in [0.2, 0.25) is 0 Å². The highest BCUT2D eigenvalue weighted by atomic mass is 16.5. The SMILES string of the molecule is Cc1ccc(C(C)N)c(OCc2nc(C3CC3)no2)c1. The highest BCUT2D eigenvalue weighted by Gasteiger charge is 2.28. The van der Waals surface area contributed by atoms with E-state index in [9.17, 15) is 0 Å². The molecule has 1 saturated carbocycles. The van der Waals surface area contributed by atoms with Crippen LogP contribution in [0.3, 0.4) is 0 Å². The highest BCUT2D eigenvalue weighted by Crippen LogP contribution is 2.38. The van der Waals surface area contributed by atoms with Gasteiger partial charge in [-0.2, -0.15) is 4.98 Å². The average molecular weight is 273 g/mol. The Morgan fingerprint density at radius 1 is 1.45 bits per heavy atom. The molecule has 0 aliphatic heterocycles. The number of nitrogens with zero attached hydrogens (tertiary/aromatic N) is 2. The van der Waals surface area contributed by atoms with E-state index in [1.54, 1.807) is 0 Å². The topological polar surface area (TPSA) is 74.2 Å². The van der Waals surface area contributed by atoms with Crippen LogP contribution in [0.4, 0.5) is 0 Å². The number of hydrogen-bond acceptors (Lipinski definition) is 5. The maximum absolute atomic E-state index is 5.95. The van der Waals surface area contributed by atoms with Crippen molar-refractivity contribution >= 4 is 0 Å². The summed E-state index contributed by atoms with van der Waals surface area (Å²) in [4.78, 5) is 4.35. The Hall–Kier alpha value is -1.88. The standard InChI is InChI=1S/C15H19N3O2/c1-9-3-6-12(10(2)16)13(7-9)19-8-14-17-15(18-20-14)11-4-5-11/h3,6-7,10-11H,4-5,8,16H2,1-2H3. The van der Waals surface area contributed by atoms with Gasteiger partial charge < -0.3 is 15.0 Å². The number of aromatic nitrogens is 2. The molecular formula is C15H19N3O2. The van der Waals surface area contributed by atoms with Gasteiger partial charge in [0, 0.05) is 17.5 Å². The lowest BCUT2D eigenvalue weighted by molar-refractivity contribution is 0.240. The first-order valence-electron chi connectivity index (χ1n) is 6.95. The van der Waals surface area contributed by atoms with Gasteiger partial charge in [0.25, 0.3) is 5.89 Å². The summed E-state index contributed by atoms with van der Waals surface area (Å²) in [5, 5.41) is 3.97. The van der Waals surface area contributed by atoms with Crippen LogP contribution in [0.15, 0.2) is 22.7 Å². The molecule has 0 bridgehead atoms. The summed E-state index contributed by atoms with van der Waals surface area (Å²) in [6, 6.07) is 5.94. The van der Waals surface area contributed by atoms with Gasteiger partial charge in [-0.15, -0.1) is 0 Å². The molecule has 1 fully saturated rings. The molecule has 1 unspecified atom stereocenters. The highest BCUT2D eigenvalue weighted by molar-refractivity contribution is 5.38. The van der Waals surface area contributed by atoms with Gasteiger partial charge >= 0.3 is 0 Å². The third-order valence-corrected chi connectivity index (χ3v) is 3.44. The molecular weight excluding hydrogens is 254 g/mol. The molecule has 1 heterocycles. The van der Waals surface area contributed by atoms with E-state index in [1.165, 1.54) is 0 Å². The maximum Gasteiger partial charge on any atom is 0.264 e. The summed E-state index contributed by atoms with van der Waals surface area (Å²) in [6.45, 7) is 4.24. The van der Waals surface area contributed by atoms with E-state index < -0.39 is 0 Å². The predicted octanol–water partition coefficient (Wildman–Crippen LogP) is 2.85. The molecule has 5 nitrogen and oxygen atoms in total. The minimum Gasteiger partial charge on any atom is -0.483 e. The fourth-order valence-electron chi connectivity index (χ4n) is 2.12. The molecule has 2 aromatic rings. The Morgan fingerprint density at radius 2 is 2.25 bits per heavy atom. The molecule has 1 aliphatic rings. The number of aryl methyl sites for hydroxylation is 1. The molecule has 0 spiro atoms. The van der Waals surface area contributed by atoms with Gasteiger partial charge in [0.05, 0.1) is 0 Å². The molecule has 2 N–H and O–H groups in total. The molecule has 1 aromatic carbocycles. The van der Waals surface area contributed by atoms with Gasteiger partial charge in [-0.25, -0.2) is 0 Å². The van der Waals surface area contributed by atoms with E-state index in [1.807, 2.05) is 32.0 Å². The molecule has 3 rings (SSSR count). The normalized spacial score (nSPS) is 16.1. The summed E-state index contributed by atoms with van der Waals surface area (Å²) in [6.07, 6.45) is 2.32. The molecule has 106 valence electrons. The summed E-state index contributed by atoms with van der Waals surface area (Å²) >= 11 is 0. The van der Waals surface area contributed by atoms with Gasteiger partial charge in [0.1, 0.15) is 5.75 Å². The molecule has 1 aliphatic carbocycles. The number of nitrogens with two attached hydrogens (primary N) is 1. The first-order valence-corrected chi connectivity index (χ1v) is 6.95. The van der Waals surface area contributed by atoms with E-state index in [-0.39, 0.29) is 12.6 Å². The van der Waals surface area contributed by atoms with Crippen LogP contribution in [0, 0.1) is 6.92 Å². The second-order valence-electron chi connectivity index (χ2n) is 5.44. The van der Waals surface area contributed by atoms with E-state index in [0.717, 1.165) is 35.5 Å². The lowest BCUT2D eigenvalue weighted by Gasteiger charge is -2.13. The van der Waals surface area contributed by atoms with Crippen molar-refractivity contribution in [2.45, 2.75) is 45.3 Å². The molecule has 5 heteroatoms. The first kappa shape index (κ1) is 13.1. The summed E-state index contributed by atoms with van der Waals surface area (Å²) < 4.78 is 11.0. The van der Waals surface area contributed by atoms with Crippen LogP contribution in [0.5, 0.6) is 5.75 Å². The number of benzene rings is 1. The lowest BCUT2D eigenvalue weighted by Crippen LogP contribution is -2.08. The number of ether oxygens (including phenoxy) is 1. The predicted molar refractivity (Wildman–Crippen MR) is 74.4 cm³/mol. The molecule has 1 aromatic heterocycles. The monoisotopic (exact) mass is 273 g/mol. The van der Waals surface area contributed by atoms with Crippen molar-refractivity contribution in [2.75, 3.05) is 0 Å². The quantitative estimate of drug-likeness (QED) is 0.906. The van der Waals surface area contributed by atoms with Crippen LogP contribution in [-0.4, -0.2) is 10.1 Å². The van der Waals surface area contributed by atoms with Crippen molar-refractivity contribution in [1.29, 1.82) is 0 Å². The van der Waals surface area contributed by atoms with Gasteiger partial charge in [-0.1, -0.05) is 17.3 Å². The zero-order chi connectivity index (χ0) is 14.1. The molecule has 0 saturated heterocycles. The van der Waals surface area contributed by atoms with Crippen LogP contribution in [-0.2, 0) is 6.61 Å². The Morgan fingerprint density at radius 3 is 2.95 bits per heavy atom. The van der Waals surface area contributed by atoms with Crippen molar-refractivity contribution in [2.24, 2.45) is 5.73 Å². The summed E-state index contributed by atoms with van der Waals surface area (Å²) in [5.41, 5.74) is 8.07. The van der Waals surface area contributed by atoms with Crippen LogP contribution >= 0.6 is 0 Å². The average Bonchev–Trinajstić information content (AvgIpc) is 3.15. The lowest BCUT2D eigenvalue weighted by atomic mass is 10.1. The van der Waals surface area contributed by atoms with E-state index in [0.29, 0.717) is 11.8 Å². The summed E-state index contributed by atoms with van der Waals surface area (Å²) in [7, 11) is 0. The van der Waals surface area contributed by atoms with Crippen LogP contribution < -0.4 is 10.5 Å². The smallest absolute Gasteiger partial charge is 0.264 e. The fraction of sp³-hybridized carbons (Fsp3) is 0.467. The largest absolute Gasteiger partial charge is 0.483 e. The zero-order valence-corrected chi connectivity index (χ0v) is 11.8. The third-order valence-electron chi connectivity index (χ3n) is 3.44. The number of rotatable bonds is 5. The first-order chi connectivity index (χ1) is 9.63. The Kier molecular flexibility index (Phi) is 3.44. The molecule has 20 heavy (non-hydrogen) atoms. The van der Waals surface area contributed by atoms with Gasteiger partial charge in [0.2, 0.25) is 0 Å². The van der Waals surface area contributed by atoms with Crippen LogP contribution in [0.25, 0.3) is 0 Å². The van der Waals surface area contributed by atoms with E-state index in [4.69, 9.17) is 15.0 Å². The Labute approximate surface area is 118 Å². The molecule has 0 amide bonds. The third kappa shape index (κ3) is 2.82. The molecule has 0 radical (unpaired) electrons. The van der Waals surface area contributed by atoms with Gasteiger partial charge in [-0.3, -0.25) is 0 Å². The minimum atomic E-state index is -0.0738. The zero-order valence-electron chi connectivity index (χ0n) is 11.8. The van der Waals surface area contributed by atoms with Crippen molar-refractivity contribution in [3.05, 3.63) is 41.0 Å². The van der Waals surface area contributed by atoms with E-state index >= 15 is 0 Å². The molecule has 1 atom stereocenters. The second kappa shape index (κ2) is 5.25. The van der Waals surface area contributed by atoms with Gasteiger partial charge in [0.15, 0.2) is 12.4 Å². The number of hydrogen-bond donors (Lipinski definition) is 1. The van der Waals surface area contributed by atoms with Crippen molar-refractivity contribution < 1.29 is 9.26 Å². The van der Waals surface area contributed by atoms with Crippen LogP contribution in [0.1, 0.15) is 54.6 Å². The van der Waals surface area contributed by atoms with Gasteiger partial charge in [-0.05, 0) is 38.3 Å².